The van der Waals surface area contributed by atoms with Crippen LogP contribution < -0.4 is 5.73 Å². The summed E-state index contributed by atoms with van der Waals surface area (Å²) in [7, 11) is 0. The molecule has 0 radical (unpaired) electrons. The van der Waals surface area contributed by atoms with E-state index in [0.717, 1.165) is 5.69 Å². The number of halogens is 1. The monoisotopic (exact) mass is 217 g/mol. The highest BCUT2D eigenvalue weighted by Gasteiger charge is 2.12. The molecule has 0 fully saturated rings. The van der Waals surface area contributed by atoms with Crippen LogP contribution in [0.15, 0.2) is 18.2 Å². The molecular weight excluding hydrogens is 205 g/mol. The van der Waals surface area contributed by atoms with Crippen molar-refractivity contribution >= 4 is 10.9 Å². The Morgan fingerprint density at radius 3 is 2.88 bits per heavy atom. The smallest absolute Gasteiger partial charge is 0.147 e. The molecule has 3 nitrogen and oxygen atoms in total. The quantitative estimate of drug-likeness (QED) is 0.835. The first kappa shape index (κ1) is 10.7. The van der Waals surface area contributed by atoms with Gasteiger partial charge in [-0.2, -0.15) is 5.26 Å². The maximum atomic E-state index is 13.7. The lowest BCUT2D eigenvalue weighted by Crippen LogP contribution is -2.11. The summed E-state index contributed by atoms with van der Waals surface area (Å²) in [5, 5.41) is 9.61. The van der Waals surface area contributed by atoms with Crippen molar-refractivity contribution in [3.63, 3.8) is 0 Å². The molecule has 2 aromatic rings. The van der Waals surface area contributed by atoms with Crippen LogP contribution in [0.2, 0.25) is 0 Å². The number of nitrogens with zero attached hydrogens (tertiary/aromatic N) is 2. The maximum absolute atomic E-state index is 13.7. The minimum Gasteiger partial charge on any atom is -0.341 e. The van der Waals surface area contributed by atoms with Crippen LogP contribution in [0.4, 0.5) is 4.39 Å². The molecule has 82 valence electrons. The SMILES string of the molecule is Cc1cc2c(C#N)ccc(F)c2n1CCN. The molecule has 2 N–H and O–H groups in total. The summed E-state index contributed by atoms with van der Waals surface area (Å²) in [6, 6.07) is 6.73. The average Bonchev–Trinajstić information content (AvgIpc) is 2.58. The number of nitrogens with two attached hydrogens (primary N) is 1. The largest absolute Gasteiger partial charge is 0.341 e. The molecule has 16 heavy (non-hydrogen) atoms. The van der Waals surface area contributed by atoms with E-state index in [2.05, 4.69) is 6.07 Å². The van der Waals surface area contributed by atoms with E-state index >= 15 is 0 Å². The highest BCUT2D eigenvalue weighted by molar-refractivity contribution is 5.87. The molecule has 0 saturated heterocycles. The van der Waals surface area contributed by atoms with Crippen LogP contribution in [0, 0.1) is 24.1 Å². The summed E-state index contributed by atoms with van der Waals surface area (Å²) in [5.74, 6) is -0.310. The van der Waals surface area contributed by atoms with Gasteiger partial charge in [0.1, 0.15) is 5.82 Å². The van der Waals surface area contributed by atoms with Crippen LogP contribution in [-0.4, -0.2) is 11.1 Å². The van der Waals surface area contributed by atoms with Crippen LogP contribution in [-0.2, 0) is 6.54 Å². The maximum Gasteiger partial charge on any atom is 0.147 e. The first-order valence-corrected chi connectivity index (χ1v) is 5.07. The molecule has 0 atom stereocenters. The van der Waals surface area contributed by atoms with Crippen molar-refractivity contribution in [1.82, 2.24) is 4.57 Å². The number of aryl methyl sites for hydroxylation is 1. The Morgan fingerprint density at radius 2 is 2.25 bits per heavy atom. The second-order valence-corrected chi connectivity index (χ2v) is 3.70. The standard InChI is InChI=1S/C12H12FN3/c1-8-6-10-9(7-15)2-3-11(13)12(10)16(8)5-4-14/h2-3,6H,4-5,14H2,1H3. The third-order valence-electron chi connectivity index (χ3n) is 2.69. The Hall–Kier alpha value is -1.86. The van der Waals surface area contributed by atoms with Crippen molar-refractivity contribution in [2.45, 2.75) is 13.5 Å². The zero-order valence-electron chi connectivity index (χ0n) is 9.00. The van der Waals surface area contributed by atoms with Gasteiger partial charge in [-0.15, -0.1) is 0 Å². The number of fused-ring (bicyclic) bond motifs is 1. The van der Waals surface area contributed by atoms with E-state index in [0.29, 0.717) is 29.6 Å². The zero-order chi connectivity index (χ0) is 11.7. The summed E-state index contributed by atoms with van der Waals surface area (Å²) in [5.41, 5.74) is 7.38. The highest BCUT2D eigenvalue weighted by atomic mass is 19.1. The first-order valence-electron chi connectivity index (χ1n) is 5.07. The van der Waals surface area contributed by atoms with Crippen LogP contribution in [0.25, 0.3) is 10.9 Å². The molecule has 0 bridgehead atoms. The van der Waals surface area contributed by atoms with E-state index in [1.807, 2.05) is 17.6 Å². The van der Waals surface area contributed by atoms with Gasteiger partial charge in [-0.1, -0.05) is 0 Å². The summed E-state index contributed by atoms with van der Waals surface area (Å²) in [6.07, 6.45) is 0. The van der Waals surface area contributed by atoms with Gasteiger partial charge in [0.2, 0.25) is 0 Å². The number of aromatic nitrogens is 1. The number of hydrogen-bond donors (Lipinski definition) is 1. The van der Waals surface area contributed by atoms with E-state index < -0.39 is 0 Å². The molecule has 4 heteroatoms. The Balaban J connectivity index is 2.83. The second-order valence-electron chi connectivity index (χ2n) is 3.70. The van der Waals surface area contributed by atoms with Crippen LogP contribution in [0.3, 0.4) is 0 Å². The summed E-state index contributed by atoms with van der Waals surface area (Å²) >= 11 is 0. The topological polar surface area (TPSA) is 54.7 Å². The Kier molecular flexibility index (Phi) is 2.63. The van der Waals surface area contributed by atoms with Crippen molar-refractivity contribution in [2.24, 2.45) is 5.73 Å². The Morgan fingerprint density at radius 1 is 1.50 bits per heavy atom. The normalized spacial score (nSPS) is 10.6. The number of nitriles is 1. The lowest BCUT2D eigenvalue weighted by Gasteiger charge is -2.06. The van der Waals surface area contributed by atoms with Crippen LogP contribution >= 0.6 is 0 Å². The Labute approximate surface area is 92.9 Å². The molecule has 1 aromatic carbocycles. The minimum atomic E-state index is -0.310. The number of rotatable bonds is 2. The predicted molar refractivity (Wildman–Crippen MR) is 60.4 cm³/mol. The van der Waals surface area contributed by atoms with Crippen molar-refractivity contribution in [3.8, 4) is 6.07 Å². The zero-order valence-corrected chi connectivity index (χ0v) is 9.00. The molecule has 0 spiro atoms. The fourth-order valence-corrected chi connectivity index (χ4v) is 1.98. The number of benzene rings is 1. The van der Waals surface area contributed by atoms with Gasteiger partial charge in [-0.05, 0) is 25.1 Å². The molecule has 0 aliphatic heterocycles. The van der Waals surface area contributed by atoms with Crippen molar-refractivity contribution in [2.75, 3.05) is 6.54 Å². The fourth-order valence-electron chi connectivity index (χ4n) is 1.98. The summed E-state index contributed by atoms with van der Waals surface area (Å²) < 4.78 is 15.5. The van der Waals surface area contributed by atoms with Gasteiger partial charge in [0, 0.05) is 24.2 Å². The van der Waals surface area contributed by atoms with Crippen molar-refractivity contribution < 1.29 is 4.39 Å². The molecule has 0 amide bonds. The van der Waals surface area contributed by atoms with Gasteiger partial charge in [-0.3, -0.25) is 0 Å². The van der Waals surface area contributed by atoms with Crippen molar-refractivity contribution in [3.05, 3.63) is 35.3 Å². The molecule has 0 saturated carbocycles. The molecule has 0 aliphatic rings. The lowest BCUT2D eigenvalue weighted by atomic mass is 10.1. The van der Waals surface area contributed by atoms with Gasteiger partial charge >= 0.3 is 0 Å². The predicted octanol–water partition coefficient (Wildman–Crippen LogP) is 1.92. The molecule has 2 rings (SSSR count). The fraction of sp³-hybridized carbons (Fsp3) is 0.250. The van der Waals surface area contributed by atoms with E-state index in [9.17, 15) is 4.39 Å². The highest BCUT2D eigenvalue weighted by Crippen LogP contribution is 2.25. The molecule has 0 aliphatic carbocycles. The van der Waals surface area contributed by atoms with Gasteiger partial charge in [-0.25, -0.2) is 4.39 Å². The van der Waals surface area contributed by atoms with Crippen LogP contribution in [0.1, 0.15) is 11.3 Å². The van der Waals surface area contributed by atoms with Crippen molar-refractivity contribution in [1.29, 1.82) is 5.26 Å². The van der Waals surface area contributed by atoms with Gasteiger partial charge in [0.15, 0.2) is 0 Å². The van der Waals surface area contributed by atoms with Crippen LogP contribution in [0.5, 0.6) is 0 Å². The minimum absolute atomic E-state index is 0.310. The number of hydrogen-bond acceptors (Lipinski definition) is 2. The molecule has 1 aromatic heterocycles. The van der Waals surface area contributed by atoms with Gasteiger partial charge in [0.25, 0.3) is 0 Å². The van der Waals surface area contributed by atoms with E-state index in [4.69, 9.17) is 11.0 Å². The van der Waals surface area contributed by atoms with E-state index in [-0.39, 0.29) is 5.82 Å². The van der Waals surface area contributed by atoms with Gasteiger partial charge < -0.3 is 10.3 Å². The summed E-state index contributed by atoms with van der Waals surface area (Å²) in [4.78, 5) is 0. The third kappa shape index (κ3) is 1.46. The first-order chi connectivity index (χ1) is 7.69. The van der Waals surface area contributed by atoms with E-state index in [1.165, 1.54) is 12.1 Å². The second kappa shape index (κ2) is 3.95. The van der Waals surface area contributed by atoms with E-state index in [1.54, 1.807) is 0 Å². The Bertz CT molecular complexity index is 578. The third-order valence-corrected chi connectivity index (χ3v) is 2.69. The lowest BCUT2D eigenvalue weighted by molar-refractivity contribution is 0.619. The average molecular weight is 217 g/mol. The van der Waals surface area contributed by atoms with Gasteiger partial charge in [0.05, 0.1) is 17.1 Å². The molecule has 0 unspecified atom stereocenters. The summed E-state index contributed by atoms with van der Waals surface area (Å²) in [6.45, 7) is 2.89. The molecule has 1 heterocycles. The molecular formula is C12H12FN3.